The van der Waals surface area contributed by atoms with Crippen molar-refractivity contribution < 1.29 is 0 Å². The molecular weight excluding hydrogens is 198 g/mol. The van der Waals surface area contributed by atoms with E-state index in [4.69, 9.17) is 5.73 Å². The summed E-state index contributed by atoms with van der Waals surface area (Å²) in [6.45, 7) is 2.16. The van der Waals surface area contributed by atoms with Crippen LogP contribution >= 0.6 is 0 Å². The number of aromatic nitrogens is 1. The lowest BCUT2D eigenvalue weighted by Crippen LogP contribution is -2.47. The highest BCUT2D eigenvalue weighted by molar-refractivity contribution is 5.08. The van der Waals surface area contributed by atoms with Gasteiger partial charge >= 0.3 is 0 Å². The third-order valence-electron chi connectivity index (χ3n) is 3.41. The maximum Gasteiger partial charge on any atom is 0.0570 e. The normalized spacial score (nSPS) is 27.6. The van der Waals surface area contributed by atoms with Crippen molar-refractivity contribution in [1.29, 1.82) is 0 Å². The van der Waals surface area contributed by atoms with E-state index >= 15 is 0 Å². The van der Waals surface area contributed by atoms with Gasteiger partial charge in [-0.3, -0.25) is 4.98 Å². The van der Waals surface area contributed by atoms with Crippen LogP contribution in [0.25, 0.3) is 0 Å². The molecule has 0 spiro atoms. The van der Waals surface area contributed by atoms with Crippen molar-refractivity contribution in [3.8, 4) is 0 Å². The largest absolute Gasteiger partial charge is 0.326 e. The van der Waals surface area contributed by atoms with Crippen LogP contribution in [0, 0.1) is 0 Å². The molecule has 1 aromatic heterocycles. The van der Waals surface area contributed by atoms with Crippen molar-refractivity contribution in [1.82, 2.24) is 10.3 Å². The first-order valence-corrected chi connectivity index (χ1v) is 6.20. The van der Waals surface area contributed by atoms with Gasteiger partial charge in [0.1, 0.15) is 0 Å². The van der Waals surface area contributed by atoms with Gasteiger partial charge in [0.05, 0.1) is 5.69 Å². The summed E-state index contributed by atoms with van der Waals surface area (Å²) in [5.41, 5.74) is 7.22. The zero-order valence-electron chi connectivity index (χ0n) is 9.89. The summed E-state index contributed by atoms with van der Waals surface area (Å²) in [6.07, 6.45) is 6.75. The lowest BCUT2D eigenvalue weighted by atomic mass is 9.90. The average molecular weight is 219 g/mol. The highest BCUT2D eigenvalue weighted by Crippen LogP contribution is 2.20. The molecule has 3 N–H and O–H groups in total. The zero-order chi connectivity index (χ0) is 11.4. The van der Waals surface area contributed by atoms with E-state index in [1.165, 1.54) is 19.3 Å². The van der Waals surface area contributed by atoms with Crippen molar-refractivity contribution in [3.63, 3.8) is 0 Å². The van der Waals surface area contributed by atoms with Gasteiger partial charge in [-0.2, -0.15) is 0 Å². The van der Waals surface area contributed by atoms with Crippen molar-refractivity contribution in [3.05, 3.63) is 30.1 Å². The standard InChI is InChI=1S/C13H21N3/c1-10(12-7-4-5-9-15-12)16-13-8-3-2-6-11(13)14/h4-5,7,9-11,13,16H,2-3,6,8,14H2,1H3. The molecule has 88 valence electrons. The van der Waals surface area contributed by atoms with Gasteiger partial charge in [0.2, 0.25) is 0 Å². The van der Waals surface area contributed by atoms with Gasteiger partial charge in [0.25, 0.3) is 0 Å². The Morgan fingerprint density at radius 2 is 2.19 bits per heavy atom. The van der Waals surface area contributed by atoms with Crippen LogP contribution in [0.15, 0.2) is 24.4 Å². The highest BCUT2D eigenvalue weighted by Gasteiger charge is 2.23. The number of rotatable bonds is 3. The molecule has 0 radical (unpaired) electrons. The number of hydrogen-bond donors (Lipinski definition) is 2. The summed E-state index contributed by atoms with van der Waals surface area (Å²) in [4.78, 5) is 4.37. The average Bonchev–Trinajstić information content (AvgIpc) is 2.33. The monoisotopic (exact) mass is 219 g/mol. The third kappa shape index (κ3) is 2.80. The van der Waals surface area contributed by atoms with Crippen molar-refractivity contribution in [2.24, 2.45) is 5.73 Å². The van der Waals surface area contributed by atoms with Gasteiger partial charge in [-0.25, -0.2) is 0 Å². The summed E-state index contributed by atoms with van der Waals surface area (Å²) in [6, 6.07) is 7.08. The van der Waals surface area contributed by atoms with Crippen LogP contribution < -0.4 is 11.1 Å². The maximum absolute atomic E-state index is 6.12. The second kappa shape index (κ2) is 5.41. The Labute approximate surface area is 97.5 Å². The molecule has 1 saturated carbocycles. The predicted octanol–water partition coefficient (Wildman–Crippen LogP) is 2.00. The second-order valence-electron chi connectivity index (χ2n) is 4.70. The number of pyridine rings is 1. The Morgan fingerprint density at radius 1 is 1.38 bits per heavy atom. The molecule has 16 heavy (non-hydrogen) atoms. The Balaban J connectivity index is 1.94. The third-order valence-corrected chi connectivity index (χ3v) is 3.41. The van der Waals surface area contributed by atoms with Crippen LogP contribution in [0.2, 0.25) is 0 Å². The first-order valence-electron chi connectivity index (χ1n) is 6.20. The first-order chi connectivity index (χ1) is 7.77. The van der Waals surface area contributed by atoms with E-state index in [0.29, 0.717) is 12.1 Å². The Morgan fingerprint density at radius 3 is 2.88 bits per heavy atom. The molecule has 1 heterocycles. The summed E-state index contributed by atoms with van der Waals surface area (Å²) in [7, 11) is 0. The van der Waals surface area contributed by atoms with Crippen molar-refractivity contribution >= 4 is 0 Å². The minimum Gasteiger partial charge on any atom is -0.326 e. The predicted molar refractivity (Wildman–Crippen MR) is 66.0 cm³/mol. The lowest BCUT2D eigenvalue weighted by Gasteiger charge is -2.31. The SMILES string of the molecule is CC(NC1CCCCC1N)c1ccccn1. The van der Waals surface area contributed by atoms with Gasteiger partial charge in [0, 0.05) is 24.3 Å². The van der Waals surface area contributed by atoms with Crippen LogP contribution in [-0.4, -0.2) is 17.1 Å². The molecular formula is C13H21N3. The first kappa shape index (κ1) is 11.6. The van der Waals surface area contributed by atoms with E-state index in [1.807, 2.05) is 18.3 Å². The molecule has 0 amide bonds. The molecule has 0 aliphatic heterocycles. The molecule has 1 aromatic rings. The van der Waals surface area contributed by atoms with E-state index in [0.717, 1.165) is 12.1 Å². The fraction of sp³-hybridized carbons (Fsp3) is 0.615. The van der Waals surface area contributed by atoms with Gasteiger partial charge in [0.15, 0.2) is 0 Å². The molecule has 0 bridgehead atoms. The molecule has 1 aliphatic rings. The molecule has 3 nitrogen and oxygen atoms in total. The number of nitrogens with zero attached hydrogens (tertiary/aromatic N) is 1. The molecule has 3 heteroatoms. The van der Waals surface area contributed by atoms with Gasteiger partial charge in [-0.15, -0.1) is 0 Å². The Hall–Kier alpha value is -0.930. The maximum atomic E-state index is 6.12. The summed E-state index contributed by atoms with van der Waals surface area (Å²) >= 11 is 0. The van der Waals surface area contributed by atoms with Gasteiger partial charge < -0.3 is 11.1 Å². The van der Waals surface area contributed by atoms with E-state index in [-0.39, 0.29) is 6.04 Å². The summed E-state index contributed by atoms with van der Waals surface area (Å²) < 4.78 is 0. The molecule has 3 atom stereocenters. The van der Waals surface area contributed by atoms with Crippen LogP contribution in [0.3, 0.4) is 0 Å². The lowest BCUT2D eigenvalue weighted by molar-refractivity contribution is 0.305. The van der Waals surface area contributed by atoms with Crippen LogP contribution in [-0.2, 0) is 0 Å². The van der Waals surface area contributed by atoms with Crippen LogP contribution in [0.1, 0.15) is 44.3 Å². The minimum absolute atomic E-state index is 0.287. The number of nitrogens with two attached hydrogens (primary N) is 1. The molecule has 1 aliphatic carbocycles. The summed E-state index contributed by atoms with van der Waals surface area (Å²) in [5, 5.41) is 3.60. The quantitative estimate of drug-likeness (QED) is 0.817. The molecule has 0 aromatic carbocycles. The Kier molecular flexibility index (Phi) is 3.91. The Bertz CT molecular complexity index is 312. The molecule has 2 rings (SSSR count). The molecule has 1 fully saturated rings. The van der Waals surface area contributed by atoms with E-state index in [2.05, 4.69) is 23.3 Å². The van der Waals surface area contributed by atoms with Crippen molar-refractivity contribution in [2.75, 3.05) is 0 Å². The van der Waals surface area contributed by atoms with Crippen LogP contribution in [0.4, 0.5) is 0 Å². The minimum atomic E-state index is 0.287. The summed E-state index contributed by atoms with van der Waals surface area (Å²) in [5.74, 6) is 0. The number of nitrogens with one attached hydrogen (secondary N) is 1. The highest BCUT2D eigenvalue weighted by atomic mass is 15.0. The van der Waals surface area contributed by atoms with Gasteiger partial charge in [-0.1, -0.05) is 18.9 Å². The van der Waals surface area contributed by atoms with Crippen LogP contribution in [0.5, 0.6) is 0 Å². The number of hydrogen-bond acceptors (Lipinski definition) is 3. The zero-order valence-corrected chi connectivity index (χ0v) is 9.89. The second-order valence-corrected chi connectivity index (χ2v) is 4.70. The molecule has 0 saturated heterocycles. The van der Waals surface area contributed by atoms with E-state index in [9.17, 15) is 0 Å². The van der Waals surface area contributed by atoms with Gasteiger partial charge in [-0.05, 0) is 31.9 Å². The van der Waals surface area contributed by atoms with E-state index in [1.54, 1.807) is 0 Å². The smallest absolute Gasteiger partial charge is 0.0570 e. The fourth-order valence-electron chi connectivity index (χ4n) is 2.41. The topological polar surface area (TPSA) is 50.9 Å². The fourth-order valence-corrected chi connectivity index (χ4v) is 2.41. The van der Waals surface area contributed by atoms with Crippen molar-refractivity contribution in [2.45, 2.75) is 50.7 Å². The van der Waals surface area contributed by atoms with E-state index < -0.39 is 0 Å². The molecule has 3 unspecified atom stereocenters.